The maximum Gasteiger partial charge on any atom is 3.00 e. The third-order valence-electron chi connectivity index (χ3n) is 15.3. The second kappa shape index (κ2) is 25.0. The van der Waals surface area contributed by atoms with Crippen molar-refractivity contribution in [2.75, 3.05) is 0 Å². The molecule has 16 aromatic rings. The molecule has 0 amide bonds. The van der Waals surface area contributed by atoms with Gasteiger partial charge in [-0.05, 0) is 122 Å². The number of thiophene rings is 2. The van der Waals surface area contributed by atoms with E-state index in [2.05, 4.69) is 181 Å². The third kappa shape index (κ3) is 11.8. The van der Waals surface area contributed by atoms with E-state index in [1.165, 1.54) is 54.0 Å². The monoisotopic (exact) mass is 1350 g/mol. The summed E-state index contributed by atoms with van der Waals surface area (Å²) < 4.78 is 77.6. The molecule has 7 heteroatoms. The summed E-state index contributed by atoms with van der Waals surface area (Å²) in [6, 6.07) is 79.5. The van der Waals surface area contributed by atoms with Gasteiger partial charge in [-0.25, -0.2) is 0 Å². The number of benzene rings is 11. The minimum absolute atomic E-state index is 0. The zero-order chi connectivity index (χ0) is 65.8. The number of nitrogens with zero attached hydrogens (tertiary/aromatic N) is 3. The molecule has 3 nitrogen and oxygen atoms in total. The zero-order valence-corrected chi connectivity index (χ0v) is 52.5. The zero-order valence-electron chi connectivity index (χ0n) is 56.4. The molecule has 16 rings (SSSR count). The van der Waals surface area contributed by atoms with Crippen LogP contribution in [0, 0.1) is 18.2 Å². The number of rotatable bonds is 8. The van der Waals surface area contributed by atoms with Gasteiger partial charge >= 0.3 is 20.1 Å². The summed E-state index contributed by atoms with van der Waals surface area (Å²) in [6.45, 7) is 7.04. The summed E-state index contributed by atoms with van der Waals surface area (Å²) in [5, 5.41) is 11.0. The van der Waals surface area contributed by atoms with Crippen LogP contribution in [0.25, 0.3) is 140 Å². The van der Waals surface area contributed by atoms with E-state index < -0.39 is 14.1 Å². The van der Waals surface area contributed by atoms with E-state index in [0.29, 0.717) is 28.1 Å². The summed E-state index contributed by atoms with van der Waals surface area (Å²) in [5.41, 5.74) is 11.4. The van der Waals surface area contributed by atoms with Gasteiger partial charge in [0, 0.05) is 28.0 Å². The fraction of sp³-hybridized carbons (Fsp3) is 0.0375. The smallest absolute Gasteiger partial charge is 0.305 e. The molecule has 11 aromatic carbocycles. The average Bonchev–Trinajstić information content (AvgIpc) is 1.42. The van der Waals surface area contributed by atoms with Crippen molar-refractivity contribution in [2.24, 2.45) is 0 Å². The second-order valence-electron chi connectivity index (χ2n) is 21.7. The summed E-state index contributed by atoms with van der Waals surface area (Å²) in [7, 11) is -1.32. The quantitative estimate of drug-likeness (QED) is 0.0865. The van der Waals surface area contributed by atoms with E-state index >= 15 is 0 Å². The van der Waals surface area contributed by atoms with Crippen LogP contribution in [-0.4, -0.2) is 23.0 Å². The van der Waals surface area contributed by atoms with Crippen LogP contribution in [0.3, 0.4) is 0 Å². The first-order chi connectivity index (χ1) is 46.0. The second-order valence-corrected chi connectivity index (χ2v) is 28.9. The van der Waals surface area contributed by atoms with E-state index in [9.17, 15) is 0 Å². The predicted molar refractivity (Wildman–Crippen MR) is 371 cm³/mol. The average molecular weight is 1350 g/mol. The Morgan fingerprint density at radius 1 is 0.356 bits per heavy atom. The number of hydrogen-bond acceptors (Lipinski definition) is 5. The van der Waals surface area contributed by atoms with E-state index in [0.717, 1.165) is 63.8 Å². The van der Waals surface area contributed by atoms with Gasteiger partial charge in [0.15, 0.2) is 0 Å². The van der Waals surface area contributed by atoms with E-state index in [4.69, 9.17) is 17.3 Å². The molecular weight excluding hydrogens is 1290 g/mol. The molecule has 0 N–H and O–H groups in total. The van der Waals surface area contributed by atoms with Gasteiger partial charge < -0.3 is 15.0 Å². The van der Waals surface area contributed by atoms with Crippen LogP contribution >= 0.6 is 22.7 Å². The Kier molecular flexibility index (Phi) is 13.5. The summed E-state index contributed by atoms with van der Waals surface area (Å²) in [5.74, 6) is 0. The molecule has 0 unspecified atom stereocenters. The Morgan fingerprint density at radius 3 is 1.43 bits per heavy atom. The topological polar surface area (TPSA) is 38.7 Å². The molecule has 0 saturated carbocycles. The minimum atomic E-state index is -1.32. The van der Waals surface area contributed by atoms with Crippen LogP contribution < -0.4 is 5.19 Å². The molecular formula is C80H56IrN3S2Si. The SMILES string of the molecule is C[Si](C)(C)c1ccc(-c2[c-]ccc3c2ccc2ccccc23)nc1.[2H]c1c([2H])c([2H])c(-c2ccnc(-c3[c-]ccc4c3sc3cc(-c5ccccc5)ccc34)c2)c([2H])c1[2H].[2H]c1cc([2H])c(-c2ccnc(-c3[c-]ccc4c3sc3cc(-c5ccccc5)ccc34)c2)c([2H])c1[2H].[Ir+3]. The number of hydrogen-bond donors (Lipinski definition) is 0. The van der Waals surface area contributed by atoms with Gasteiger partial charge in [-0.15, -0.1) is 71.3 Å². The number of fused-ring (bicyclic) bond motifs is 9. The van der Waals surface area contributed by atoms with Gasteiger partial charge in [-0.1, -0.05) is 247 Å². The van der Waals surface area contributed by atoms with Crippen molar-refractivity contribution in [3.8, 4) is 78.3 Å². The fourth-order valence-electron chi connectivity index (χ4n) is 10.9. The third-order valence-corrected chi connectivity index (χ3v) is 19.7. The molecule has 87 heavy (non-hydrogen) atoms. The van der Waals surface area contributed by atoms with Crippen LogP contribution in [0.2, 0.25) is 19.6 Å². The Morgan fingerprint density at radius 2 is 0.862 bits per heavy atom. The molecule has 0 bridgehead atoms. The molecule has 0 aliphatic heterocycles. The van der Waals surface area contributed by atoms with Gasteiger partial charge in [0.1, 0.15) is 0 Å². The molecule has 0 fully saturated rings. The van der Waals surface area contributed by atoms with E-state index in [1.807, 2.05) is 60.7 Å². The van der Waals surface area contributed by atoms with Crippen LogP contribution in [0.15, 0.2) is 285 Å². The molecule has 0 atom stereocenters. The van der Waals surface area contributed by atoms with Crippen molar-refractivity contribution >= 4 is 97.8 Å². The Bertz CT molecular complexity index is 5640. The Balaban J connectivity index is 0.000000132. The van der Waals surface area contributed by atoms with Crippen LogP contribution in [0.4, 0.5) is 0 Å². The van der Waals surface area contributed by atoms with Crippen molar-refractivity contribution in [3.63, 3.8) is 0 Å². The van der Waals surface area contributed by atoms with Crippen molar-refractivity contribution in [1.82, 2.24) is 15.0 Å². The first kappa shape index (κ1) is 46.9. The first-order valence-corrected chi connectivity index (χ1v) is 33.3. The molecule has 0 spiro atoms. The largest absolute Gasteiger partial charge is 3.00 e. The van der Waals surface area contributed by atoms with Crippen molar-refractivity contribution in [2.45, 2.75) is 19.6 Å². The predicted octanol–water partition coefficient (Wildman–Crippen LogP) is 21.9. The van der Waals surface area contributed by atoms with Crippen molar-refractivity contribution in [1.29, 1.82) is 0 Å². The summed E-state index contributed by atoms with van der Waals surface area (Å²) in [6.07, 6.45) is 5.32. The van der Waals surface area contributed by atoms with Crippen LogP contribution in [-0.2, 0) is 20.1 Å². The normalized spacial score (nSPS) is 12.7. The summed E-state index contributed by atoms with van der Waals surface area (Å²) >= 11 is 3.38. The molecule has 0 aliphatic rings. The van der Waals surface area contributed by atoms with E-state index in [-0.39, 0.29) is 74.0 Å². The van der Waals surface area contributed by atoms with Gasteiger partial charge in [0.05, 0.1) is 20.4 Å². The maximum atomic E-state index is 8.34. The van der Waals surface area contributed by atoms with Crippen molar-refractivity contribution < 1.29 is 32.4 Å². The number of aromatic nitrogens is 3. The van der Waals surface area contributed by atoms with Gasteiger partial charge in [0.25, 0.3) is 0 Å². The fourth-order valence-corrected chi connectivity index (χ4v) is 14.5. The van der Waals surface area contributed by atoms with Gasteiger partial charge in [-0.3, -0.25) is 0 Å². The molecule has 5 aromatic heterocycles. The molecule has 5 heterocycles. The van der Waals surface area contributed by atoms with Gasteiger partial charge in [-0.2, -0.15) is 22.7 Å². The minimum Gasteiger partial charge on any atom is -0.305 e. The first-order valence-electron chi connectivity index (χ1n) is 32.7. The molecule has 0 aliphatic carbocycles. The van der Waals surface area contributed by atoms with Crippen LogP contribution in [0.1, 0.15) is 12.3 Å². The maximum absolute atomic E-state index is 8.34. The standard InChI is InChI=1S/2C29H18NS.C22H20NSi.Ir/c2*1-3-8-20(9-4-1)22-14-15-24-25-12-7-13-26(29(25)31-28(24)19-22)27-18-23(16-17-30-27)21-10-5-2-6-11-21;1-24(2,3)17-12-14-22(23-15-17)21-10-6-9-19-18-8-5-4-7-16(18)11-13-20(19)21;/h2*1-12,14-19H;4-9,11-15H,1-3H3;/q3*-1;+3/i2D,5D,6D,10D,11D;2D,5D,10D,11D;;. The van der Waals surface area contributed by atoms with E-state index in [1.54, 1.807) is 53.3 Å². The molecule has 416 valence electrons. The van der Waals surface area contributed by atoms with Crippen LogP contribution in [0.5, 0.6) is 0 Å². The van der Waals surface area contributed by atoms with Gasteiger partial charge in [0.2, 0.25) is 0 Å². The Hall–Kier alpha value is -9.30. The summed E-state index contributed by atoms with van der Waals surface area (Å²) in [4.78, 5) is 13.9. The Labute approximate surface area is 543 Å². The van der Waals surface area contributed by atoms with Crippen molar-refractivity contribution in [3.05, 3.63) is 303 Å². The number of pyridine rings is 3. The molecule has 0 radical (unpaired) electrons. The molecule has 0 saturated heterocycles.